The molecule has 0 aromatic heterocycles. The zero-order valence-electron chi connectivity index (χ0n) is 11.6. The molecule has 1 aromatic carbocycles. The number of aliphatic carboxylic acids is 1. The quantitative estimate of drug-likeness (QED) is 0.824. The number of carbonyl (C=O) groups is 1. The molecule has 1 saturated heterocycles. The van der Waals surface area contributed by atoms with Crippen LogP contribution >= 0.6 is 0 Å². The summed E-state index contributed by atoms with van der Waals surface area (Å²) in [5, 5.41) is 8.72. The van der Waals surface area contributed by atoms with E-state index in [0.717, 1.165) is 19.6 Å². The predicted octanol–water partition coefficient (Wildman–Crippen LogP) is 1.46. The van der Waals surface area contributed by atoms with Crippen LogP contribution in [0.15, 0.2) is 24.3 Å². The van der Waals surface area contributed by atoms with Gasteiger partial charge in [0.2, 0.25) is 0 Å². The fourth-order valence-corrected chi connectivity index (χ4v) is 2.37. The highest BCUT2D eigenvalue weighted by atomic mass is 16.5. The Morgan fingerprint density at radius 1 is 1.35 bits per heavy atom. The van der Waals surface area contributed by atoms with E-state index in [1.807, 2.05) is 18.2 Å². The predicted molar refractivity (Wildman–Crippen MR) is 76.7 cm³/mol. The summed E-state index contributed by atoms with van der Waals surface area (Å²) in [4.78, 5) is 13.1. The second kappa shape index (κ2) is 7.26. The Bertz CT molecular complexity index is 444. The van der Waals surface area contributed by atoms with Crippen molar-refractivity contribution < 1.29 is 14.6 Å². The summed E-state index contributed by atoms with van der Waals surface area (Å²) in [5.74, 6) is -0.370. The molecule has 20 heavy (non-hydrogen) atoms. The summed E-state index contributed by atoms with van der Waals surface area (Å²) in [6.45, 7) is 3.20. The fraction of sp³-hybridized carbons (Fsp3) is 0.533. The number of carboxylic acids is 1. The summed E-state index contributed by atoms with van der Waals surface area (Å²) < 4.78 is 5.43. The fourth-order valence-electron chi connectivity index (χ4n) is 2.37. The molecule has 0 bridgehead atoms. The Balaban J connectivity index is 1.88. The number of ether oxygens (including phenoxy) is 1. The third-order valence-corrected chi connectivity index (χ3v) is 3.50. The third kappa shape index (κ3) is 4.51. The van der Waals surface area contributed by atoms with Crippen LogP contribution < -0.4 is 10.5 Å². The highest BCUT2D eigenvalue weighted by molar-refractivity contribution is 5.73. The van der Waals surface area contributed by atoms with Crippen molar-refractivity contribution in [3.63, 3.8) is 0 Å². The minimum Gasteiger partial charge on any atom is -0.491 e. The van der Waals surface area contributed by atoms with Gasteiger partial charge in [0.05, 0.1) is 0 Å². The van der Waals surface area contributed by atoms with Gasteiger partial charge in [0.15, 0.2) is 0 Å². The molecule has 0 saturated carbocycles. The summed E-state index contributed by atoms with van der Waals surface area (Å²) in [5.41, 5.74) is 6.61. The molecule has 0 amide bonds. The standard InChI is InChI=1S/C15H22N2O3/c16-14(15(18)19)11-20-13-6-4-5-12(9-13)10-17-7-2-1-3-8-17/h4-6,9,14H,1-3,7-8,10-11,16H2,(H,18,19). The van der Waals surface area contributed by atoms with Crippen molar-refractivity contribution in [2.45, 2.75) is 31.8 Å². The van der Waals surface area contributed by atoms with Crippen molar-refractivity contribution in [1.29, 1.82) is 0 Å². The van der Waals surface area contributed by atoms with Crippen LogP contribution in [0.1, 0.15) is 24.8 Å². The highest BCUT2D eigenvalue weighted by Crippen LogP contribution is 2.17. The van der Waals surface area contributed by atoms with Gasteiger partial charge < -0.3 is 15.6 Å². The zero-order chi connectivity index (χ0) is 14.4. The SMILES string of the molecule is NC(COc1cccc(CN2CCCCC2)c1)C(=O)O. The maximum Gasteiger partial charge on any atom is 0.324 e. The molecule has 1 fully saturated rings. The van der Waals surface area contributed by atoms with Crippen LogP contribution in [0.2, 0.25) is 0 Å². The minimum absolute atomic E-state index is 0.0114. The first-order chi connectivity index (χ1) is 9.65. The third-order valence-electron chi connectivity index (χ3n) is 3.50. The molecule has 1 atom stereocenters. The van der Waals surface area contributed by atoms with Crippen molar-refractivity contribution >= 4 is 5.97 Å². The average Bonchev–Trinajstić information content (AvgIpc) is 2.46. The van der Waals surface area contributed by atoms with Crippen LogP contribution in [0.25, 0.3) is 0 Å². The number of likely N-dealkylation sites (tertiary alicyclic amines) is 1. The van der Waals surface area contributed by atoms with Crippen LogP contribution in [0.3, 0.4) is 0 Å². The molecular formula is C15H22N2O3. The average molecular weight is 278 g/mol. The molecular weight excluding hydrogens is 256 g/mol. The number of hydrogen-bond donors (Lipinski definition) is 2. The number of nitrogens with zero attached hydrogens (tertiary/aromatic N) is 1. The van der Waals surface area contributed by atoms with Gasteiger partial charge in [0.1, 0.15) is 18.4 Å². The van der Waals surface area contributed by atoms with Crippen LogP contribution in [-0.2, 0) is 11.3 Å². The molecule has 5 nitrogen and oxygen atoms in total. The number of nitrogens with two attached hydrogens (primary N) is 1. The van der Waals surface area contributed by atoms with Gasteiger partial charge in [-0.3, -0.25) is 9.69 Å². The second-order valence-corrected chi connectivity index (χ2v) is 5.24. The molecule has 3 N–H and O–H groups in total. The van der Waals surface area contributed by atoms with Crippen molar-refractivity contribution in [3.05, 3.63) is 29.8 Å². The van der Waals surface area contributed by atoms with Crippen molar-refractivity contribution in [2.75, 3.05) is 19.7 Å². The zero-order valence-corrected chi connectivity index (χ0v) is 11.6. The van der Waals surface area contributed by atoms with E-state index in [9.17, 15) is 4.79 Å². The molecule has 1 heterocycles. The highest BCUT2D eigenvalue weighted by Gasteiger charge is 2.13. The first kappa shape index (κ1) is 14.8. The lowest BCUT2D eigenvalue weighted by molar-refractivity contribution is -0.139. The molecule has 2 rings (SSSR count). The maximum atomic E-state index is 10.6. The lowest BCUT2D eigenvalue weighted by Crippen LogP contribution is -2.36. The van der Waals surface area contributed by atoms with Crippen LogP contribution in [0.4, 0.5) is 0 Å². The number of rotatable bonds is 6. The maximum absolute atomic E-state index is 10.6. The second-order valence-electron chi connectivity index (χ2n) is 5.24. The van der Waals surface area contributed by atoms with Gasteiger partial charge in [-0.25, -0.2) is 0 Å². The van der Waals surface area contributed by atoms with Crippen LogP contribution in [0, 0.1) is 0 Å². The first-order valence-corrected chi connectivity index (χ1v) is 7.07. The van der Waals surface area contributed by atoms with E-state index in [-0.39, 0.29) is 6.61 Å². The molecule has 0 spiro atoms. The van der Waals surface area contributed by atoms with Gasteiger partial charge in [-0.15, -0.1) is 0 Å². The molecule has 1 aromatic rings. The number of hydrogen-bond acceptors (Lipinski definition) is 4. The Morgan fingerprint density at radius 2 is 2.10 bits per heavy atom. The molecule has 1 aliphatic rings. The Kier molecular flexibility index (Phi) is 5.38. The first-order valence-electron chi connectivity index (χ1n) is 7.07. The molecule has 1 aliphatic heterocycles. The van der Waals surface area contributed by atoms with E-state index in [0.29, 0.717) is 5.75 Å². The Morgan fingerprint density at radius 3 is 2.80 bits per heavy atom. The van der Waals surface area contributed by atoms with Gasteiger partial charge in [0, 0.05) is 6.54 Å². The van der Waals surface area contributed by atoms with Gasteiger partial charge in [-0.05, 0) is 43.6 Å². The lowest BCUT2D eigenvalue weighted by atomic mass is 10.1. The van der Waals surface area contributed by atoms with Crippen molar-refractivity contribution in [1.82, 2.24) is 4.90 Å². The van der Waals surface area contributed by atoms with E-state index in [4.69, 9.17) is 15.6 Å². The Hall–Kier alpha value is -1.59. The monoisotopic (exact) mass is 278 g/mol. The van der Waals surface area contributed by atoms with E-state index in [1.54, 1.807) is 0 Å². The lowest BCUT2D eigenvalue weighted by Gasteiger charge is -2.26. The number of carboxylic acid groups (broad SMARTS) is 1. The number of benzene rings is 1. The molecule has 0 radical (unpaired) electrons. The van der Waals surface area contributed by atoms with E-state index in [2.05, 4.69) is 11.0 Å². The van der Waals surface area contributed by atoms with E-state index < -0.39 is 12.0 Å². The molecule has 1 unspecified atom stereocenters. The van der Waals surface area contributed by atoms with E-state index in [1.165, 1.54) is 24.8 Å². The summed E-state index contributed by atoms with van der Waals surface area (Å²) in [6, 6.07) is 6.80. The normalized spacial score (nSPS) is 17.6. The summed E-state index contributed by atoms with van der Waals surface area (Å²) >= 11 is 0. The molecule has 0 aliphatic carbocycles. The van der Waals surface area contributed by atoms with Crippen molar-refractivity contribution in [2.24, 2.45) is 5.73 Å². The smallest absolute Gasteiger partial charge is 0.324 e. The van der Waals surface area contributed by atoms with Crippen LogP contribution in [-0.4, -0.2) is 41.7 Å². The molecule has 5 heteroatoms. The Labute approximate surface area is 119 Å². The summed E-state index contributed by atoms with van der Waals surface area (Å²) in [7, 11) is 0. The number of piperidine rings is 1. The van der Waals surface area contributed by atoms with E-state index >= 15 is 0 Å². The summed E-state index contributed by atoms with van der Waals surface area (Å²) in [6.07, 6.45) is 3.86. The van der Waals surface area contributed by atoms with Crippen molar-refractivity contribution in [3.8, 4) is 5.75 Å². The minimum atomic E-state index is -1.05. The molecule has 110 valence electrons. The van der Waals surface area contributed by atoms with Gasteiger partial charge in [-0.1, -0.05) is 18.6 Å². The van der Waals surface area contributed by atoms with Gasteiger partial charge in [-0.2, -0.15) is 0 Å². The van der Waals surface area contributed by atoms with Gasteiger partial charge in [0.25, 0.3) is 0 Å². The largest absolute Gasteiger partial charge is 0.491 e. The topological polar surface area (TPSA) is 75.8 Å². The van der Waals surface area contributed by atoms with Crippen LogP contribution in [0.5, 0.6) is 5.75 Å². The van der Waals surface area contributed by atoms with Gasteiger partial charge >= 0.3 is 5.97 Å².